The standard InChI is InChI=1S/C17H27N3/c1-19-10-7-14(8-11-19)13-20(2)16-5-6-17-15(12-16)4-3-9-18-17/h5-6,12,14,18H,3-4,7-11,13H2,1-2H3. The normalized spacial score (nSPS) is 20.3. The quantitative estimate of drug-likeness (QED) is 0.913. The summed E-state index contributed by atoms with van der Waals surface area (Å²) in [6, 6.07) is 6.91. The summed E-state index contributed by atoms with van der Waals surface area (Å²) < 4.78 is 0. The number of hydrogen-bond donors (Lipinski definition) is 1. The second-order valence-electron chi connectivity index (χ2n) is 6.50. The molecule has 3 nitrogen and oxygen atoms in total. The van der Waals surface area contributed by atoms with Crippen molar-refractivity contribution < 1.29 is 0 Å². The highest BCUT2D eigenvalue weighted by atomic mass is 15.1. The van der Waals surface area contributed by atoms with E-state index in [9.17, 15) is 0 Å². The first kappa shape index (κ1) is 13.7. The van der Waals surface area contributed by atoms with Crippen LogP contribution in [0.1, 0.15) is 24.8 Å². The summed E-state index contributed by atoms with van der Waals surface area (Å²) in [5, 5.41) is 3.49. The molecule has 0 bridgehead atoms. The smallest absolute Gasteiger partial charge is 0.0374 e. The fourth-order valence-corrected chi connectivity index (χ4v) is 3.44. The van der Waals surface area contributed by atoms with Gasteiger partial charge in [-0.1, -0.05) is 0 Å². The Kier molecular flexibility index (Phi) is 4.16. The van der Waals surface area contributed by atoms with Gasteiger partial charge in [0.05, 0.1) is 0 Å². The van der Waals surface area contributed by atoms with Crippen LogP contribution < -0.4 is 10.2 Å². The molecule has 0 amide bonds. The lowest BCUT2D eigenvalue weighted by atomic mass is 9.96. The molecule has 2 heterocycles. The minimum atomic E-state index is 0.852. The Morgan fingerprint density at radius 2 is 2.10 bits per heavy atom. The zero-order valence-electron chi connectivity index (χ0n) is 12.9. The lowest BCUT2D eigenvalue weighted by Crippen LogP contribution is -2.35. The fourth-order valence-electron chi connectivity index (χ4n) is 3.44. The molecule has 3 rings (SSSR count). The number of aryl methyl sites for hydroxylation is 1. The summed E-state index contributed by atoms with van der Waals surface area (Å²) in [7, 11) is 4.48. The zero-order chi connectivity index (χ0) is 13.9. The molecule has 1 fully saturated rings. The molecule has 0 spiro atoms. The molecule has 1 aromatic carbocycles. The van der Waals surface area contributed by atoms with Gasteiger partial charge in [-0.3, -0.25) is 0 Å². The molecule has 0 radical (unpaired) electrons. The average Bonchev–Trinajstić information content (AvgIpc) is 2.49. The molecule has 1 saturated heterocycles. The maximum atomic E-state index is 3.49. The van der Waals surface area contributed by atoms with Gasteiger partial charge < -0.3 is 15.1 Å². The molecule has 1 aromatic rings. The number of piperidine rings is 1. The highest BCUT2D eigenvalue weighted by Crippen LogP contribution is 2.28. The second-order valence-corrected chi connectivity index (χ2v) is 6.50. The molecule has 110 valence electrons. The third-order valence-corrected chi connectivity index (χ3v) is 4.84. The molecule has 0 atom stereocenters. The van der Waals surface area contributed by atoms with Crippen LogP contribution in [0.5, 0.6) is 0 Å². The zero-order valence-corrected chi connectivity index (χ0v) is 12.9. The lowest BCUT2D eigenvalue weighted by molar-refractivity contribution is 0.222. The van der Waals surface area contributed by atoms with E-state index in [1.807, 2.05) is 0 Å². The summed E-state index contributed by atoms with van der Waals surface area (Å²) in [6.07, 6.45) is 5.16. The highest BCUT2D eigenvalue weighted by Gasteiger charge is 2.19. The van der Waals surface area contributed by atoms with Crippen molar-refractivity contribution in [1.82, 2.24) is 4.90 Å². The van der Waals surface area contributed by atoms with Crippen molar-refractivity contribution in [3.05, 3.63) is 23.8 Å². The first-order valence-electron chi connectivity index (χ1n) is 7.99. The predicted octanol–water partition coefficient (Wildman–Crippen LogP) is 2.82. The van der Waals surface area contributed by atoms with E-state index in [0.29, 0.717) is 0 Å². The second kappa shape index (κ2) is 6.04. The SMILES string of the molecule is CN1CCC(CN(C)c2ccc3c(c2)CCCN3)CC1. The molecule has 2 aliphatic heterocycles. The predicted molar refractivity (Wildman–Crippen MR) is 86.7 cm³/mol. The van der Waals surface area contributed by atoms with E-state index in [4.69, 9.17) is 0 Å². The average molecular weight is 273 g/mol. The Morgan fingerprint density at radius 1 is 1.30 bits per heavy atom. The summed E-state index contributed by atoms with van der Waals surface area (Å²) in [6.45, 7) is 4.83. The van der Waals surface area contributed by atoms with E-state index in [2.05, 4.69) is 47.4 Å². The fraction of sp³-hybridized carbons (Fsp3) is 0.647. The number of nitrogens with one attached hydrogen (secondary N) is 1. The number of nitrogens with zero attached hydrogens (tertiary/aromatic N) is 2. The molecule has 3 heteroatoms. The van der Waals surface area contributed by atoms with Crippen LogP contribution in [0.3, 0.4) is 0 Å². The van der Waals surface area contributed by atoms with Crippen molar-refractivity contribution in [2.24, 2.45) is 5.92 Å². The summed E-state index contributed by atoms with van der Waals surface area (Å²) in [4.78, 5) is 4.89. The van der Waals surface area contributed by atoms with Crippen LogP contribution in [0.15, 0.2) is 18.2 Å². The molecule has 20 heavy (non-hydrogen) atoms. The van der Waals surface area contributed by atoms with Gasteiger partial charge in [0.2, 0.25) is 0 Å². The van der Waals surface area contributed by atoms with Crippen molar-refractivity contribution >= 4 is 11.4 Å². The Hall–Kier alpha value is -1.22. The van der Waals surface area contributed by atoms with Crippen molar-refractivity contribution in [2.45, 2.75) is 25.7 Å². The van der Waals surface area contributed by atoms with Gasteiger partial charge in [0.25, 0.3) is 0 Å². The van der Waals surface area contributed by atoms with Crippen LogP contribution in [0.4, 0.5) is 11.4 Å². The summed E-state index contributed by atoms with van der Waals surface area (Å²) >= 11 is 0. The van der Waals surface area contributed by atoms with E-state index < -0.39 is 0 Å². The van der Waals surface area contributed by atoms with Crippen LogP contribution in [0, 0.1) is 5.92 Å². The molecular formula is C17H27N3. The number of hydrogen-bond acceptors (Lipinski definition) is 3. The molecular weight excluding hydrogens is 246 g/mol. The molecule has 0 saturated carbocycles. The van der Waals surface area contributed by atoms with Gasteiger partial charge in [0.15, 0.2) is 0 Å². The third-order valence-electron chi connectivity index (χ3n) is 4.84. The Labute approximate surface area is 123 Å². The topological polar surface area (TPSA) is 18.5 Å². The Bertz CT molecular complexity index is 450. The summed E-state index contributed by atoms with van der Waals surface area (Å²) in [5.41, 5.74) is 4.21. The number of fused-ring (bicyclic) bond motifs is 1. The van der Waals surface area contributed by atoms with E-state index in [0.717, 1.165) is 12.5 Å². The molecule has 0 aliphatic carbocycles. The van der Waals surface area contributed by atoms with Gasteiger partial charge >= 0.3 is 0 Å². The van der Waals surface area contributed by atoms with Crippen LogP contribution in [0.25, 0.3) is 0 Å². The monoisotopic (exact) mass is 273 g/mol. The van der Waals surface area contributed by atoms with E-state index in [-0.39, 0.29) is 0 Å². The van der Waals surface area contributed by atoms with Gasteiger partial charge in [-0.2, -0.15) is 0 Å². The number of benzene rings is 1. The molecule has 0 unspecified atom stereocenters. The van der Waals surface area contributed by atoms with E-state index >= 15 is 0 Å². The van der Waals surface area contributed by atoms with Crippen LogP contribution >= 0.6 is 0 Å². The van der Waals surface area contributed by atoms with Crippen LogP contribution in [0.2, 0.25) is 0 Å². The minimum absolute atomic E-state index is 0.852. The Balaban J connectivity index is 1.63. The van der Waals surface area contributed by atoms with Gasteiger partial charge in [0.1, 0.15) is 0 Å². The molecule has 1 N–H and O–H groups in total. The highest BCUT2D eigenvalue weighted by molar-refractivity contribution is 5.61. The maximum Gasteiger partial charge on any atom is 0.0374 e. The number of likely N-dealkylation sites (tertiary alicyclic amines) is 1. The van der Waals surface area contributed by atoms with Gasteiger partial charge in [-0.15, -0.1) is 0 Å². The van der Waals surface area contributed by atoms with Crippen molar-refractivity contribution in [2.75, 3.05) is 50.5 Å². The van der Waals surface area contributed by atoms with Gasteiger partial charge in [-0.25, -0.2) is 0 Å². The first-order valence-corrected chi connectivity index (χ1v) is 7.99. The van der Waals surface area contributed by atoms with Crippen LogP contribution in [-0.2, 0) is 6.42 Å². The van der Waals surface area contributed by atoms with E-state index in [1.54, 1.807) is 0 Å². The van der Waals surface area contributed by atoms with Gasteiger partial charge in [0, 0.05) is 31.5 Å². The van der Waals surface area contributed by atoms with Crippen molar-refractivity contribution in [1.29, 1.82) is 0 Å². The molecule has 0 aromatic heterocycles. The lowest BCUT2D eigenvalue weighted by Gasteiger charge is -2.33. The minimum Gasteiger partial charge on any atom is -0.385 e. The molecule has 2 aliphatic rings. The van der Waals surface area contributed by atoms with E-state index in [1.165, 1.54) is 62.3 Å². The van der Waals surface area contributed by atoms with Crippen LogP contribution in [-0.4, -0.2) is 45.2 Å². The van der Waals surface area contributed by atoms with Crippen molar-refractivity contribution in [3.8, 4) is 0 Å². The Morgan fingerprint density at radius 3 is 2.90 bits per heavy atom. The summed E-state index contributed by atoms with van der Waals surface area (Å²) in [5.74, 6) is 0.852. The van der Waals surface area contributed by atoms with Crippen molar-refractivity contribution in [3.63, 3.8) is 0 Å². The number of rotatable bonds is 3. The van der Waals surface area contributed by atoms with Gasteiger partial charge in [-0.05, 0) is 75.5 Å². The number of anilines is 2. The largest absolute Gasteiger partial charge is 0.385 e. The first-order chi connectivity index (χ1) is 9.72. The third kappa shape index (κ3) is 3.09. The maximum absolute atomic E-state index is 3.49.